The molecule has 180 valence electrons. The minimum absolute atomic E-state index is 0.0488. The number of benzene rings is 1. The van der Waals surface area contributed by atoms with Crippen LogP contribution in [-0.2, 0) is 42.7 Å². The molecule has 0 aliphatic heterocycles. The Morgan fingerprint density at radius 1 is 0.710 bits per heavy atom. The summed E-state index contributed by atoms with van der Waals surface area (Å²) in [6.45, 7) is 9.84. The Morgan fingerprint density at radius 2 is 1.16 bits per heavy atom. The van der Waals surface area contributed by atoms with Gasteiger partial charge in [-0.15, -0.1) is 0 Å². The molecule has 1 aromatic carbocycles. The predicted molar refractivity (Wildman–Crippen MR) is 115 cm³/mol. The fourth-order valence-electron chi connectivity index (χ4n) is 2.33. The minimum atomic E-state index is -3.75. The third kappa shape index (κ3) is 13.8. The fourth-order valence-corrected chi connectivity index (χ4v) is 3.22. The van der Waals surface area contributed by atoms with Crippen LogP contribution in [0.15, 0.2) is 29.2 Å². The number of hydrogen-bond donors (Lipinski definition) is 0. The Balaban J connectivity index is 1.91. The van der Waals surface area contributed by atoms with Crippen LogP contribution in [0.3, 0.4) is 0 Å². The molecule has 0 bridgehead atoms. The quantitative estimate of drug-likeness (QED) is 0.163. The number of aryl methyl sites for hydroxylation is 1. The van der Waals surface area contributed by atoms with E-state index in [1.165, 1.54) is 12.1 Å². The Bertz CT molecular complexity index is 643. The van der Waals surface area contributed by atoms with Gasteiger partial charge in [0.15, 0.2) is 6.29 Å². The van der Waals surface area contributed by atoms with Gasteiger partial charge >= 0.3 is 0 Å². The van der Waals surface area contributed by atoms with Crippen molar-refractivity contribution in [3.8, 4) is 0 Å². The molecule has 0 N–H and O–H groups in total. The lowest BCUT2D eigenvalue weighted by molar-refractivity contribution is -0.169. The average molecular weight is 465 g/mol. The Morgan fingerprint density at radius 3 is 1.65 bits per heavy atom. The maximum Gasteiger partial charge on any atom is 0.297 e. The molecule has 9 nitrogen and oxygen atoms in total. The van der Waals surface area contributed by atoms with Gasteiger partial charge in [-0.05, 0) is 32.9 Å². The highest BCUT2D eigenvalue weighted by Gasteiger charge is 2.14. The molecule has 0 heterocycles. The molecule has 0 spiro atoms. The highest BCUT2D eigenvalue weighted by molar-refractivity contribution is 7.86. The highest BCUT2D eigenvalue weighted by atomic mass is 32.2. The van der Waals surface area contributed by atoms with Crippen LogP contribution in [0.2, 0.25) is 0 Å². The maximum absolute atomic E-state index is 12.0. The van der Waals surface area contributed by atoms with Gasteiger partial charge in [-0.2, -0.15) is 8.42 Å². The molecule has 0 amide bonds. The van der Waals surface area contributed by atoms with Gasteiger partial charge in [0.1, 0.15) is 0 Å². The van der Waals surface area contributed by atoms with Crippen LogP contribution < -0.4 is 0 Å². The first kappa shape index (κ1) is 27.9. The predicted octanol–water partition coefficient (Wildman–Crippen LogP) is 2.17. The average Bonchev–Trinajstić information content (AvgIpc) is 2.74. The molecule has 0 saturated carbocycles. The normalized spacial score (nSPS) is 12.0. The number of hydrogen-bond acceptors (Lipinski definition) is 9. The second kappa shape index (κ2) is 17.4. The van der Waals surface area contributed by atoms with Gasteiger partial charge in [-0.1, -0.05) is 17.7 Å². The molecule has 0 saturated heterocycles. The van der Waals surface area contributed by atoms with Crippen LogP contribution in [0.1, 0.15) is 19.4 Å². The van der Waals surface area contributed by atoms with Crippen molar-refractivity contribution < 1.29 is 41.0 Å². The molecule has 0 aromatic heterocycles. The van der Waals surface area contributed by atoms with E-state index >= 15 is 0 Å². The lowest BCUT2D eigenvalue weighted by Gasteiger charge is -2.16. The second-order valence-corrected chi connectivity index (χ2v) is 7.96. The summed E-state index contributed by atoms with van der Waals surface area (Å²) in [6.07, 6.45) is -0.341. The summed E-state index contributed by atoms with van der Waals surface area (Å²) in [4.78, 5) is 0.134. The lowest BCUT2D eigenvalue weighted by atomic mass is 10.2. The van der Waals surface area contributed by atoms with E-state index in [1.807, 2.05) is 20.8 Å². The van der Waals surface area contributed by atoms with Crippen LogP contribution in [-0.4, -0.2) is 87.4 Å². The molecule has 31 heavy (non-hydrogen) atoms. The van der Waals surface area contributed by atoms with Crippen molar-refractivity contribution in [2.45, 2.75) is 32.0 Å². The van der Waals surface area contributed by atoms with E-state index in [0.29, 0.717) is 59.5 Å². The molecular weight excluding hydrogens is 428 g/mol. The largest absolute Gasteiger partial charge is 0.377 e. The molecule has 0 radical (unpaired) electrons. The minimum Gasteiger partial charge on any atom is -0.377 e. The van der Waals surface area contributed by atoms with Crippen LogP contribution in [0.5, 0.6) is 0 Å². The molecule has 10 heteroatoms. The molecule has 0 aliphatic carbocycles. The summed E-state index contributed by atoms with van der Waals surface area (Å²) in [7, 11) is -3.75. The monoisotopic (exact) mass is 464 g/mol. The van der Waals surface area contributed by atoms with Crippen molar-refractivity contribution >= 4 is 10.1 Å². The SMILES string of the molecule is CCOC(COCCOCCOCCOCCOS(=O)(=O)c1ccc(C)cc1)OCC. The van der Waals surface area contributed by atoms with E-state index < -0.39 is 10.1 Å². The molecule has 0 fully saturated rings. The van der Waals surface area contributed by atoms with Crippen molar-refractivity contribution in [2.24, 2.45) is 0 Å². The van der Waals surface area contributed by atoms with Crippen molar-refractivity contribution in [2.75, 3.05) is 72.7 Å². The van der Waals surface area contributed by atoms with E-state index in [2.05, 4.69) is 0 Å². The summed E-state index contributed by atoms with van der Waals surface area (Å²) >= 11 is 0. The van der Waals surface area contributed by atoms with Crippen molar-refractivity contribution in [1.29, 1.82) is 0 Å². The summed E-state index contributed by atoms with van der Waals surface area (Å²) in [6, 6.07) is 6.49. The summed E-state index contributed by atoms with van der Waals surface area (Å²) < 4.78 is 61.2. The van der Waals surface area contributed by atoms with Gasteiger partial charge < -0.3 is 28.4 Å². The van der Waals surface area contributed by atoms with Crippen LogP contribution >= 0.6 is 0 Å². The van der Waals surface area contributed by atoms with E-state index in [-0.39, 0.29) is 24.4 Å². The van der Waals surface area contributed by atoms with E-state index in [9.17, 15) is 8.42 Å². The topological polar surface area (TPSA) is 98.8 Å². The van der Waals surface area contributed by atoms with Gasteiger partial charge in [-0.25, -0.2) is 0 Å². The van der Waals surface area contributed by atoms with Crippen molar-refractivity contribution in [3.63, 3.8) is 0 Å². The highest BCUT2D eigenvalue weighted by Crippen LogP contribution is 2.12. The first-order valence-corrected chi connectivity index (χ1v) is 11.9. The first-order valence-electron chi connectivity index (χ1n) is 10.5. The zero-order chi connectivity index (χ0) is 22.8. The summed E-state index contributed by atoms with van der Waals surface area (Å²) in [5, 5.41) is 0. The summed E-state index contributed by atoms with van der Waals surface area (Å²) in [5.41, 5.74) is 0.981. The third-order valence-corrected chi connectivity index (χ3v) is 5.18. The Labute approximate surface area is 186 Å². The smallest absolute Gasteiger partial charge is 0.297 e. The van der Waals surface area contributed by atoms with Crippen molar-refractivity contribution in [3.05, 3.63) is 29.8 Å². The van der Waals surface area contributed by atoms with Crippen LogP contribution in [0.4, 0.5) is 0 Å². The van der Waals surface area contributed by atoms with Gasteiger partial charge in [0, 0.05) is 13.2 Å². The van der Waals surface area contributed by atoms with Crippen LogP contribution in [0, 0.1) is 6.92 Å². The molecule has 0 atom stereocenters. The zero-order valence-corrected chi connectivity index (χ0v) is 19.6. The second-order valence-electron chi connectivity index (χ2n) is 6.34. The molecule has 0 unspecified atom stereocenters. The number of ether oxygens (including phenoxy) is 6. The fraction of sp³-hybridized carbons (Fsp3) is 0.714. The van der Waals surface area contributed by atoms with Crippen LogP contribution in [0.25, 0.3) is 0 Å². The molecule has 0 aliphatic rings. The number of rotatable bonds is 20. The first-order chi connectivity index (χ1) is 15.0. The maximum atomic E-state index is 12.0. The van der Waals surface area contributed by atoms with E-state index in [4.69, 9.17) is 32.6 Å². The standard InChI is InChI=1S/C21H36O9S/c1-4-28-21(29-5-2)18-27-15-14-25-11-10-24-12-13-26-16-17-30-31(22,23)20-8-6-19(3)7-9-20/h6-9,21H,4-5,10-18H2,1-3H3. The zero-order valence-electron chi connectivity index (χ0n) is 18.7. The van der Waals surface area contributed by atoms with E-state index in [0.717, 1.165) is 5.56 Å². The van der Waals surface area contributed by atoms with Gasteiger partial charge in [0.05, 0.1) is 64.4 Å². The molecular formula is C21H36O9S. The Kier molecular flexibility index (Phi) is 15.7. The molecule has 1 rings (SSSR count). The van der Waals surface area contributed by atoms with Crippen molar-refractivity contribution in [1.82, 2.24) is 0 Å². The van der Waals surface area contributed by atoms with Gasteiger partial charge in [0.2, 0.25) is 0 Å². The third-order valence-electron chi connectivity index (χ3n) is 3.85. The summed E-state index contributed by atoms with van der Waals surface area (Å²) in [5.74, 6) is 0. The lowest BCUT2D eigenvalue weighted by Crippen LogP contribution is -2.24. The van der Waals surface area contributed by atoms with E-state index in [1.54, 1.807) is 12.1 Å². The van der Waals surface area contributed by atoms with Gasteiger partial charge in [-0.3, -0.25) is 4.18 Å². The van der Waals surface area contributed by atoms with Gasteiger partial charge in [0.25, 0.3) is 10.1 Å². The molecule has 1 aromatic rings. The Hall–Kier alpha value is -1.11.